The highest BCUT2D eigenvalue weighted by atomic mass is 16.6. The normalized spacial score (nSPS) is 14.8. The summed E-state index contributed by atoms with van der Waals surface area (Å²) < 4.78 is 4.87. The van der Waals surface area contributed by atoms with E-state index < -0.39 is 16.9 Å². The Morgan fingerprint density at radius 2 is 1.79 bits per heavy atom. The fourth-order valence-electron chi connectivity index (χ4n) is 2.14. The summed E-state index contributed by atoms with van der Waals surface area (Å²) in [5.74, 6) is -2.53. The Balaban J connectivity index is 0.000000447. The van der Waals surface area contributed by atoms with Crippen molar-refractivity contribution >= 4 is 29.9 Å². The number of nitrogens with one attached hydrogen (secondary N) is 1. The number of hydrazone groups is 1. The molecule has 1 saturated heterocycles. The minimum atomic E-state index is -1.08. The summed E-state index contributed by atoms with van der Waals surface area (Å²) in [7, 11) is 2.05. The molecule has 29 heavy (non-hydrogen) atoms. The Hall–Kier alpha value is -3.32. The number of carbonyl (C=O) groups is 3. The van der Waals surface area contributed by atoms with Crippen LogP contribution in [0.1, 0.15) is 18.6 Å². The molecule has 1 aromatic heterocycles. The van der Waals surface area contributed by atoms with Crippen LogP contribution >= 0.6 is 0 Å². The van der Waals surface area contributed by atoms with Crippen molar-refractivity contribution in [3.8, 4) is 0 Å². The minimum absolute atomic E-state index is 0.210. The van der Waals surface area contributed by atoms with Gasteiger partial charge in [0.15, 0.2) is 5.76 Å². The van der Waals surface area contributed by atoms with E-state index in [9.17, 15) is 24.5 Å². The number of hydrogen-bond donors (Lipinski definition) is 3. The Labute approximate surface area is 165 Å². The second kappa shape index (κ2) is 12.2. The predicted molar refractivity (Wildman–Crippen MR) is 99.5 cm³/mol. The molecule has 0 saturated carbocycles. The molecule has 0 atom stereocenters. The maximum atomic E-state index is 11.7. The lowest BCUT2D eigenvalue weighted by Crippen LogP contribution is -2.47. The van der Waals surface area contributed by atoms with Crippen molar-refractivity contribution in [1.82, 2.24) is 15.2 Å². The molecule has 13 nitrogen and oxygen atoms in total. The van der Waals surface area contributed by atoms with Crippen molar-refractivity contribution in [2.45, 2.75) is 12.8 Å². The zero-order valence-electron chi connectivity index (χ0n) is 15.8. The molecule has 2 rings (SSSR count). The first-order valence-electron chi connectivity index (χ1n) is 8.58. The number of carbonyl (C=O) groups excluding carboxylic acids is 1. The summed E-state index contributed by atoms with van der Waals surface area (Å²) in [6.07, 6.45) is 0.638. The molecule has 13 heteroatoms. The van der Waals surface area contributed by atoms with Crippen LogP contribution in [0.5, 0.6) is 0 Å². The highest BCUT2D eigenvalue weighted by Gasteiger charge is 2.16. The van der Waals surface area contributed by atoms with Gasteiger partial charge in [0.1, 0.15) is 4.92 Å². The van der Waals surface area contributed by atoms with Gasteiger partial charge in [-0.2, -0.15) is 5.10 Å². The number of amides is 1. The van der Waals surface area contributed by atoms with Gasteiger partial charge in [0.05, 0.1) is 31.7 Å². The van der Waals surface area contributed by atoms with Crippen LogP contribution in [0.2, 0.25) is 0 Å². The molecule has 0 spiro atoms. The van der Waals surface area contributed by atoms with Crippen LogP contribution in [0.15, 0.2) is 21.7 Å². The third-order valence-corrected chi connectivity index (χ3v) is 3.69. The standard InChI is InChI=1S/C12H17N5O4.C4H6O4/c1-15-4-6-16(7-5-15)9-11(18)14-13-8-10-2-3-12(21-10)17(19)20;5-3(6)1-2-4(7)8/h2-3,8H,4-7,9H2,1H3,(H,14,18);1-2H2,(H,5,6)(H,7,8)/b13-8+;. The molecule has 1 aromatic rings. The molecule has 1 aliphatic rings. The van der Waals surface area contributed by atoms with Crippen molar-refractivity contribution in [2.24, 2.45) is 5.10 Å². The van der Waals surface area contributed by atoms with E-state index in [2.05, 4.69) is 15.4 Å². The number of aliphatic carboxylic acids is 2. The highest BCUT2D eigenvalue weighted by Crippen LogP contribution is 2.13. The summed E-state index contributed by atoms with van der Waals surface area (Å²) in [5, 5.41) is 29.9. The molecule has 1 fully saturated rings. The maximum Gasteiger partial charge on any atom is 0.433 e. The highest BCUT2D eigenvalue weighted by molar-refractivity contribution is 5.81. The first-order chi connectivity index (χ1) is 13.7. The third kappa shape index (κ3) is 10.6. The van der Waals surface area contributed by atoms with E-state index in [1.807, 2.05) is 11.9 Å². The van der Waals surface area contributed by atoms with Gasteiger partial charge in [-0.05, 0) is 13.1 Å². The Morgan fingerprint density at radius 1 is 1.21 bits per heavy atom. The van der Waals surface area contributed by atoms with Crippen LogP contribution in [-0.2, 0) is 14.4 Å². The summed E-state index contributed by atoms with van der Waals surface area (Å²) in [6, 6.07) is 2.64. The first kappa shape index (κ1) is 23.7. The van der Waals surface area contributed by atoms with Gasteiger partial charge < -0.3 is 19.5 Å². The lowest BCUT2D eigenvalue weighted by atomic mass is 10.3. The number of likely N-dealkylation sites (N-methyl/N-ethyl adjacent to an activating group) is 1. The van der Waals surface area contributed by atoms with Gasteiger partial charge >= 0.3 is 17.8 Å². The monoisotopic (exact) mass is 413 g/mol. The Morgan fingerprint density at radius 3 is 2.28 bits per heavy atom. The molecule has 0 unspecified atom stereocenters. The number of carboxylic acid groups (broad SMARTS) is 2. The quantitative estimate of drug-likeness (QED) is 0.294. The molecule has 2 heterocycles. The second-order valence-electron chi connectivity index (χ2n) is 6.09. The average Bonchev–Trinajstić information content (AvgIpc) is 3.12. The minimum Gasteiger partial charge on any atom is -0.481 e. The molecule has 0 radical (unpaired) electrons. The van der Waals surface area contributed by atoms with Crippen molar-refractivity contribution in [3.05, 3.63) is 28.0 Å². The van der Waals surface area contributed by atoms with Crippen molar-refractivity contribution in [2.75, 3.05) is 39.8 Å². The number of rotatable bonds is 8. The van der Waals surface area contributed by atoms with Crippen LogP contribution in [-0.4, -0.2) is 88.8 Å². The number of carboxylic acids is 2. The van der Waals surface area contributed by atoms with Crippen LogP contribution in [0.3, 0.4) is 0 Å². The van der Waals surface area contributed by atoms with Gasteiger partial charge in [0.25, 0.3) is 5.91 Å². The van der Waals surface area contributed by atoms with Gasteiger partial charge in [-0.15, -0.1) is 0 Å². The summed E-state index contributed by atoms with van der Waals surface area (Å²) in [5.41, 5.74) is 2.37. The number of piperazine rings is 1. The van der Waals surface area contributed by atoms with Crippen LogP contribution in [0.25, 0.3) is 0 Å². The first-order valence-corrected chi connectivity index (χ1v) is 8.58. The predicted octanol–water partition coefficient (Wildman–Crippen LogP) is -0.179. The zero-order valence-corrected chi connectivity index (χ0v) is 15.8. The molecular formula is C16H23N5O8. The van der Waals surface area contributed by atoms with Gasteiger partial charge in [-0.1, -0.05) is 0 Å². The van der Waals surface area contributed by atoms with E-state index in [1.54, 1.807) is 0 Å². The van der Waals surface area contributed by atoms with Gasteiger partial charge in [0.2, 0.25) is 0 Å². The topological polar surface area (TPSA) is 179 Å². The largest absolute Gasteiger partial charge is 0.481 e. The number of hydrogen-bond acceptors (Lipinski definition) is 9. The molecule has 160 valence electrons. The third-order valence-electron chi connectivity index (χ3n) is 3.69. The van der Waals surface area contributed by atoms with Crippen molar-refractivity contribution in [1.29, 1.82) is 0 Å². The fraction of sp³-hybridized carbons (Fsp3) is 0.500. The smallest absolute Gasteiger partial charge is 0.433 e. The number of furan rings is 1. The Kier molecular flexibility index (Phi) is 9.98. The number of nitrogens with zero attached hydrogens (tertiary/aromatic N) is 4. The van der Waals surface area contributed by atoms with Gasteiger partial charge in [-0.3, -0.25) is 29.4 Å². The molecule has 0 aromatic carbocycles. The second-order valence-corrected chi connectivity index (χ2v) is 6.09. The van der Waals surface area contributed by atoms with Crippen LogP contribution < -0.4 is 5.43 Å². The number of nitro groups is 1. The van der Waals surface area contributed by atoms with E-state index in [-0.39, 0.29) is 36.9 Å². The van der Waals surface area contributed by atoms with Crippen LogP contribution in [0.4, 0.5) is 5.88 Å². The van der Waals surface area contributed by atoms with E-state index in [0.717, 1.165) is 26.2 Å². The average molecular weight is 413 g/mol. The molecule has 1 aliphatic heterocycles. The molecular weight excluding hydrogens is 390 g/mol. The SMILES string of the molecule is CN1CCN(CC(=O)N/N=C/c2ccc([N+](=O)[O-])o2)CC1.O=C(O)CCC(=O)O. The lowest BCUT2D eigenvalue weighted by Gasteiger charge is -2.31. The van der Waals surface area contributed by atoms with E-state index in [4.69, 9.17) is 14.6 Å². The summed E-state index contributed by atoms with van der Waals surface area (Å²) in [6.45, 7) is 3.85. The molecule has 0 aliphatic carbocycles. The van der Waals surface area contributed by atoms with E-state index in [1.165, 1.54) is 18.3 Å². The fourth-order valence-corrected chi connectivity index (χ4v) is 2.14. The summed E-state index contributed by atoms with van der Waals surface area (Å²) in [4.78, 5) is 45.0. The molecule has 1 amide bonds. The van der Waals surface area contributed by atoms with Gasteiger partial charge in [-0.25, -0.2) is 5.43 Å². The Bertz CT molecular complexity index is 725. The molecule has 0 bridgehead atoms. The maximum absolute atomic E-state index is 11.7. The van der Waals surface area contributed by atoms with Crippen molar-refractivity contribution < 1.29 is 33.9 Å². The van der Waals surface area contributed by atoms with E-state index in [0.29, 0.717) is 0 Å². The van der Waals surface area contributed by atoms with Crippen molar-refractivity contribution in [3.63, 3.8) is 0 Å². The molecule has 3 N–H and O–H groups in total. The summed E-state index contributed by atoms with van der Waals surface area (Å²) >= 11 is 0. The zero-order chi connectivity index (χ0) is 21.8. The lowest BCUT2D eigenvalue weighted by molar-refractivity contribution is -0.402. The van der Waals surface area contributed by atoms with E-state index >= 15 is 0 Å². The van der Waals surface area contributed by atoms with Crippen LogP contribution in [0, 0.1) is 10.1 Å². The van der Waals surface area contributed by atoms with Gasteiger partial charge in [0, 0.05) is 26.2 Å².